The van der Waals surface area contributed by atoms with E-state index in [-0.39, 0.29) is 23.1 Å². The summed E-state index contributed by atoms with van der Waals surface area (Å²) in [5.41, 5.74) is 1.29. The highest BCUT2D eigenvalue weighted by Crippen LogP contribution is 2.57. The first-order chi connectivity index (χ1) is 14.9. The molecule has 0 saturated carbocycles. The number of benzene rings is 1. The summed E-state index contributed by atoms with van der Waals surface area (Å²) in [6, 6.07) is 7.97. The number of hydrogen-bond acceptors (Lipinski definition) is 3. The molecule has 3 heterocycles. The SMILES string of the molecule is CCCc1ccc(C(=O)N2CCC3(CC2)CN(C(C)=O)CC32CCN(CC)C2=O)cc1. The average Bonchev–Trinajstić information content (AvgIpc) is 3.27. The first-order valence-electron chi connectivity index (χ1n) is 11.8. The molecule has 2 spiro atoms. The Kier molecular flexibility index (Phi) is 5.84. The van der Waals surface area contributed by atoms with Crippen molar-refractivity contribution in [3.63, 3.8) is 0 Å². The van der Waals surface area contributed by atoms with Crippen LogP contribution in [0.1, 0.15) is 62.4 Å². The van der Waals surface area contributed by atoms with Crippen LogP contribution >= 0.6 is 0 Å². The molecule has 3 aliphatic rings. The summed E-state index contributed by atoms with van der Waals surface area (Å²) in [4.78, 5) is 44.5. The van der Waals surface area contributed by atoms with E-state index in [1.54, 1.807) is 6.92 Å². The predicted octanol–water partition coefficient (Wildman–Crippen LogP) is 2.96. The fourth-order valence-electron chi connectivity index (χ4n) is 6.13. The Morgan fingerprint density at radius 3 is 2.16 bits per heavy atom. The minimum Gasteiger partial charge on any atom is -0.342 e. The maximum atomic E-state index is 13.4. The smallest absolute Gasteiger partial charge is 0.253 e. The molecular formula is C25H35N3O3. The molecule has 0 aromatic heterocycles. The van der Waals surface area contributed by atoms with Crippen molar-refractivity contribution >= 4 is 17.7 Å². The van der Waals surface area contributed by atoms with Crippen LogP contribution in [-0.4, -0.2) is 71.7 Å². The number of piperidine rings is 1. The van der Waals surface area contributed by atoms with Gasteiger partial charge in [-0.2, -0.15) is 0 Å². The van der Waals surface area contributed by atoms with Crippen molar-refractivity contribution in [2.45, 2.75) is 52.9 Å². The monoisotopic (exact) mass is 425 g/mol. The number of hydrogen-bond donors (Lipinski definition) is 0. The van der Waals surface area contributed by atoms with Crippen molar-refractivity contribution in [2.75, 3.05) is 39.3 Å². The fraction of sp³-hybridized carbons (Fsp3) is 0.640. The van der Waals surface area contributed by atoms with Gasteiger partial charge in [0.15, 0.2) is 0 Å². The molecule has 0 N–H and O–H groups in total. The van der Waals surface area contributed by atoms with Crippen molar-refractivity contribution in [3.8, 4) is 0 Å². The van der Waals surface area contributed by atoms with Crippen molar-refractivity contribution in [1.29, 1.82) is 0 Å². The molecule has 6 nitrogen and oxygen atoms in total. The number of rotatable bonds is 4. The number of fused-ring (bicyclic) bond motifs is 1. The molecule has 0 radical (unpaired) electrons. The van der Waals surface area contributed by atoms with Gasteiger partial charge in [0.05, 0.1) is 5.41 Å². The van der Waals surface area contributed by atoms with Crippen molar-refractivity contribution < 1.29 is 14.4 Å². The van der Waals surface area contributed by atoms with Crippen LogP contribution in [-0.2, 0) is 16.0 Å². The van der Waals surface area contributed by atoms with Crippen LogP contribution in [0.4, 0.5) is 0 Å². The largest absolute Gasteiger partial charge is 0.342 e. The molecule has 31 heavy (non-hydrogen) atoms. The van der Waals surface area contributed by atoms with Crippen molar-refractivity contribution in [2.24, 2.45) is 10.8 Å². The van der Waals surface area contributed by atoms with Gasteiger partial charge in [-0.15, -0.1) is 0 Å². The third-order valence-corrected chi connectivity index (χ3v) is 8.05. The van der Waals surface area contributed by atoms with Gasteiger partial charge in [0.2, 0.25) is 11.8 Å². The van der Waals surface area contributed by atoms with Crippen LogP contribution in [0.15, 0.2) is 24.3 Å². The summed E-state index contributed by atoms with van der Waals surface area (Å²) in [5, 5.41) is 0. The minimum atomic E-state index is -0.481. The average molecular weight is 426 g/mol. The zero-order valence-corrected chi connectivity index (χ0v) is 19.2. The first kappa shape index (κ1) is 21.8. The second-order valence-electron chi connectivity index (χ2n) is 9.61. The Hall–Kier alpha value is -2.37. The normalized spacial score (nSPS) is 25.1. The quantitative estimate of drug-likeness (QED) is 0.745. The van der Waals surface area contributed by atoms with Crippen molar-refractivity contribution in [3.05, 3.63) is 35.4 Å². The highest BCUT2D eigenvalue weighted by Gasteiger charge is 2.65. The molecule has 1 atom stereocenters. The molecule has 0 bridgehead atoms. The third-order valence-electron chi connectivity index (χ3n) is 8.05. The van der Waals surface area contributed by atoms with Crippen LogP contribution in [0.2, 0.25) is 0 Å². The Morgan fingerprint density at radius 1 is 0.935 bits per heavy atom. The summed E-state index contributed by atoms with van der Waals surface area (Å²) in [5.74, 6) is 0.330. The molecule has 3 amide bonds. The number of likely N-dealkylation sites (tertiary alicyclic amines) is 3. The molecule has 1 aromatic carbocycles. The Balaban J connectivity index is 1.51. The van der Waals surface area contributed by atoms with Gasteiger partial charge < -0.3 is 14.7 Å². The van der Waals surface area contributed by atoms with Gasteiger partial charge in [-0.3, -0.25) is 14.4 Å². The molecular weight excluding hydrogens is 390 g/mol. The first-order valence-corrected chi connectivity index (χ1v) is 11.8. The summed E-state index contributed by atoms with van der Waals surface area (Å²) < 4.78 is 0. The predicted molar refractivity (Wildman–Crippen MR) is 120 cm³/mol. The van der Waals surface area contributed by atoms with Gasteiger partial charge in [0.1, 0.15) is 0 Å². The van der Waals surface area contributed by atoms with E-state index < -0.39 is 5.41 Å². The van der Waals surface area contributed by atoms with Gasteiger partial charge in [-0.25, -0.2) is 0 Å². The second-order valence-corrected chi connectivity index (χ2v) is 9.61. The minimum absolute atomic E-state index is 0.0460. The molecule has 1 aromatic rings. The van der Waals surface area contributed by atoms with Gasteiger partial charge in [0.25, 0.3) is 5.91 Å². The van der Waals surface area contributed by atoms with Crippen molar-refractivity contribution in [1.82, 2.24) is 14.7 Å². The molecule has 6 heteroatoms. The lowest BCUT2D eigenvalue weighted by atomic mass is 9.60. The van der Waals surface area contributed by atoms with Gasteiger partial charge in [-0.05, 0) is 50.3 Å². The van der Waals surface area contributed by atoms with E-state index in [0.717, 1.165) is 50.8 Å². The number of aryl methyl sites for hydroxylation is 1. The second kappa shape index (κ2) is 8.29. The highest BCUT2D eigenvalue weighted by molar-refractivity contribution is 5.94. The van der Waals surface area contributed by atoms with E-state index >= 15 is 0 Å². The topological polar surface area (TPSA) is 60.9 Å². The Morgan fingerprint density at radius 2 is 1.61 bits per heavy atom. The lowest BCUT2D eigenvalue weighted by Crippen LogP contribution is -2.53. The van der Waals surface area contributed by atoms with E-state index in [1.165, 1.54) is 5.56 Å². The molecule has 168 valence electrons. The van der Waals surface area contributed by atoms with Crippen LogP contribution in [0.25, 0.3) is 0 Å². The zero-order chi connectivity index (χ0) is 22.2. The third kappa shape index (κ3) is 3.54. The number of carbonyl (C=O) groups excluding carboxylic acids is 3. The molecule has 3 fully saturated rings. The molecule has 0 aliphatic carbocycles. The lowest BCUT2D eigenvalue weighted by molar-refractivity contribution is -0.141. The molecule has 3 saturated heterocycles. The van der Waals surface area contributed by atoms with E-state index in [4.69, 9.17) is 0 Å². The van der Waals surface area contributed by atoms with Crippen LogP contribution in [0.5, 0.6) is 0 Å². The standard InChI is InChI=1S/C25H35N3O3/c1-4-6-20-7-9-21(10-8-20)22(30)27-14-11-24(12-15-27)17-28(19(3)29)18-25(24)13-16-26(5-2)23(25)31/h7-10H,4-6,11-18H2,1-3H3. The van der Waals surface area contributed by atoms with Crippen LogP contribution in [0.3, 0.4) is 0 Å². The summed E-state index contributed by atoms with van der Waals surface area (Å²) in [7, 11) is 0. The highest BCUT2D eigenvalue weighted by atomic mass is 16.2. The summed E-state index contributed by atoms with van der Waals surface area (Å²) in [6.45, 7) is 9.72. The zero-order valence-electron chi connectivity index (χ0n) is 19.2. The number of amides is 3. The summed E-state index contributed by atoms with van der Waals surface area (Å²) in [6.07, 6.45) is 4.49. The Bertz CT molecular complexity index is 857. The number of carbonyl (C=O) groups is 3. The molecule has 3 aliphatic heterocycles. The van der Waals surface area contributed by atoms with E-state index in [0.29, 0.717) is 26.2 Å². The summed E-state index contributed by atoms with van der Waals surface area (Å²) >= 11 is 0. The molecule has 4 rings (SSSR count). The maximum absolute atomic E-state index is 13.4. The van der Waals surface area contributed by atoms with E-state index in [9.17, 15) is 14.4 Å². The molecule has 1 unspecified atom stereocenters. The van der Waals surface area contributed by atoms with Crippen LogP contribution in [0, 0.1) is 10.8 Å². The fourth-order valence-corrected chi connectivity index (χ4v) is 6.13. The van der Waals surface area contributed by atoms with Gasteiger partial charge in [0, 0.05) is 57.2 Å². The Labute approximate surface area is 185 Å². The van der Waals surface area contributed by atoms with Gasteiger partial charge >= 0.3 is 0 Å². The van der Waals surface area contributed by atoms with E-state index in [1.807, 2.05) is 33.8 Å². The van der Waals surface area contributed by atoms with Crippen LogP contribution < -0.4 is 0 Å². The lowest BCUT2D eigenvalue weighted by Gasteiger charge is -2.46. The maximum Gasteiger partial charge on any atom is 0.253 e. The van der Waals surface area contributed by atoms with E-state index in [2.05, 4.69) is 19.1 Å². The number of nitrogens with zero attached hydrogens (tertiary/aromatic N) is 3. The van der Waals surface area contributed by atoms with Gasteiger partial charge in [-0.1, -0.05) is 25.5 Å².